The van der Waals surface area contributed by atoms with Crippen molar-refractivity contribution >= 4 is 5.91 Å². The van der Waals surface area contributed by atoms with Crippen LogP contribution in [-0.4, -0.2) is 28.1 Å². The minimum Gasteiger partial charge on any atom is -0.497 e. The third-order valence-corrected chi connectivity index (χ3v) is 3.32. The molecule has 122 valence electrons. The van der Waals surface area contributed by atoms with E-state index in [4.69, 9.17) is 9.26 Å². The van der Waals surface area contributed by atoms with Gasteiger partial charge in [0.15, 0.2) is 0 Å². The maximum Gasteiger partial charge on any atom is 0.236 e. The molecular weight excluding hydrogens is 308 g/mol. The van der Waals surface area contributed by atoms with Gasteiger partial charge in [-0.3, -0.25) is 9.78 Å². The zero-order valence-electron chi connectivity index (χ0n) is 13.1. The molecule has 1 amide bonds. The zero-order valence-corrected chi connectivity index (χ0v) is 13.1. The highest BCUT2D eigenvalue weighted by Gasteiger charge is 2.12. The van der Waals surface area contributed by atoms with Crippen LogP contribution in [0.1, 0.15) is 11.6 Å². The molecule has 0 spiro atoms. The monoisotopic (exact) mass is 324 g/mol. The lowest BCUT2D eigenvalue weighted by atomic mass is 10.2. The van der Waals surface area contributed by atoms with Crippen LogP contribution < -0.4 is 10.1 Å². The average molecular weight is 324 g/mol. The number of carbonyl (C=O) groups excluding carboxylic acids is 1. The predicted octanol–water partition coefficient (Wildman–Crippen LogP) is 2.00. The maximum atomic E-state index is 11.9. The Kier molecular flexibility index (Phi) is 4.81. The molecule has 0 radical (unpaired) electrons. The van der Waals surface area contributed by atoms with Gasteiger partial charge in [-0.15, -0.1) is 0 Å². The molecule has 0 saturated heterocycles. The number of methoxy groups -OCH3 is 1. The molecule has 0 fully saturated rings. The van der Waals surface area contributed by atoms with Crippen LogP contribution in [0.15, 0.2) is 53.2 Å². The van der Waals surface area contributed by atoms with Crippen molar-refractivity contribution in [2.45, 2.75) is 13.0 Å². The van der Waals surface area contributed by atoms with Crippen molar-refractivity contribution in [2.75, 3.05) is 7.11 Å². The van der Waals surface area contributed by atoms with Gasteiger partial charge in [0.05, 0.1) is 19.3 Å². The average Bonchev–Trinajstić information content (AvgIpc) is 3.09. The summed E-state index contributed by atoms with van der Waals surface area (Å²) in [4.78, 5) is 20.3. The molecule has 7 heteroatoms. The standard InChI is InChI=1S/C17H16N4O3/c1-23-14-7-5-12(6-8-14)17-20-16(24-21-17)10-15(22)19-11-13-4-2-3-9-18-13/h2-9H,10-11H2,1H3,(H,19,22). The Bertz CT molecular complexity index is 800. The molecule has 3 aromatic rings. The first-order valence-corrected chi connectivity index (χ1v) is 7.38. The van der Waals surface area contributed by atoms with Crippen LogP contribution in [0.4, 0.5) is 0 Å². The number of benzene rings is 1. The first kappa shape index (κ1) is 15.7. The fourth-order valence-corrected chi connectivity index (χ4v) is 2.08. The number of hydrogen-bond donors (Lipinski definition) is 1. The van der Waals surface area contributed by atoms with E-state index < -0.39 is 0 Å². The Labute approximate surface area is 138 Å². The van der Waals surface area contributed by atoms with E-state index in [-0.39, 0.29) is 18.2 Å². The largest absolute Gasteiger partial charge is 0.497 e. The third kappa shape index (κ3) is 3.95. The molecule has 3 rings (SSSR count). The highest BCUT2D eigenvalue weighted by atomic mass is 16.5. The van der Waals surface area contributed by atoms with Crippen LogP contribution in [0.5, 0.6) is 5.75 Å². The van der Waals surface area contributed by atoms with Crippen molar-refractivity contribution in [3.05, 3.63) is 60.2 Å². The van der Waals surface area contributed by atoms with E-state index in [2.05, 4.69) is 20.4 Å². The number of hydrogen-bond acceptors (Lipinski definition) is 6. The second-order valence-electron chi connectivity index (χ2n) is 5.01. The van der Waals surface area contributed by atoms with Gasteiger partial charge in [0.25, 0.3) is 0 Å². The summed E-state index contributed by atoms with van der Waals surface area (Å²) in [6.45, 7) is 0.360. The fraction of sp³-hybridized carbons (Fsp3) is 0.176. The molecule has 0 bridgehead atoms. The van der Waals surface area contributed by atoms with Crippen LogP contribution in [0.3, 0.4) is 0 Å². The van der Waals surface area contributed by atoms with E-state index in [1.54, 1.807) is 13.3 Å². The van der Waals surface area contributed by atoms with E-state index in [0.717, 1.165) is 17.0 Å². The quantitative estimate of drug-likeness (QED) is 0.746. The topological polar surface area (TPSA) is 90.1 Å². The lowest BCUT2D eigenvalue weighted by Crippen LogP contribution is -2.25. The Morgan fingerprint density at radius 1 is 1.21 bits per heavy atom. The molecule has 0 aliphatic heterocycles. The van der Waals surface area contributed by atoms with E-state index in [1.165, 1.54) is 0 Å². The zero-order chi connectivity index (χ0) is 16.8. The minimum absolute atomic E-state index is 0.0238. The molecule has 0 atom stereocenters. The third-order valence-electron chi connectivity index (χ3n) is 3.32. The summed E-state index contributed by atoms with van der Waals surface area (Å²) in [5.74, 6) is 1.24. The SMILES string of the molecule is COc1ccc(-c2noc(CC(=O)NCc3ccccn3)n2)cc1. The normalized spacial score (nSPS) is 10.4. The summed E-state index contributed by atoms with van der Waals surface area (Å²) >= 11 is 0. The number of nitrogens with one attached hydrogen (secondary N) is 1. The van der Waals surface area contributed by atoms with Crippen molar-refractivity contribution < 1.29 is 14.1 Å². The summed E-state index contributed by atoms with van der Waals surface area (Å²) in [5.41, 5.74) is 1.58. The van der Waals surface area contributed by atoms with Gasteiger partial charge in [0.2, 0.25) is 17.6 Å². The van der Waals surface area contributed by atoms with Gasteiger partial charge < -0.3 is 14.6 Å². The van der Waals surface area contributed by atoms with E-state index in [9.17, 15) is 4.79 Å². The minimum atomic E-state index is -0.203. The molecule has 0 aliphatic rings. The second-order valence-corrected chi connectivity index (χ2v) is 5.01. The summed E-state index contributed by atoms with van der Waals surface area (Å²) in [6.07, 6.45) is 1.70. The Balaban J connectivity index is 1.58. The van der Waals surface area contributed by atoms with E-state index >= 15 is 0 Å². The highest BCUT2D eigenvalue weighted by Crippen LogP contribution is 2.19. The van der Waals surface area contributed by atoms with Crippen LogP contribution in [0.25, 0.3) is 11.4 Å². The van der Waals surface area contributed by atoms with Gasteiger partial charge in [0, 0.05) is 11.8 Å². The fourth-order valence-electron chi connectivity index (χ4n) is 2.08. The molecule has 24 heavy (non-hydrogen) atoms. The molecular formula is C17H16N4O3. The van der Waals surface area contributed by atoms with Gasteiger partial charge in [-0.2, -0.15) is 4.98 Å². The van der Waals surface area contributed by atoms with Gasteiger partial charge >= 0.3 is 0 Å². The predicted molar refractivity (Wildman–Crippen MR) is 86.1 cm³/mol. The van der Waals surface area contributed by atoms with Gasteiger partial charge in [-0.25, -0.2) is 0 Å². The van der Waals surface area contributed by atoms with Crippen molar-refractivity contribution in [1.82, 2.24) is 20.4 Å². The molecule has 7 nitrogen and oxygen atoms in total. The number of nitrogens with zero attached hydrogens (tertiary/aromatic N) is 3. The van der Waals surface area contributed by atoms with E-state index in [0.29, 0.717) is 12.4 Å². The summed E-state index contributed by atoms with van der Waals surface area (Å²) in [7, 11) is 1.60. The van der Waals surface area contributed by atoms with Gasteiger partial charge in [0.1, 0.15) is 12.2 Å². The molecule has 1 N–H and O–H groups in total. The first-order valence-electron chi connectivity index (χ1n) is 7.38. The Morgan fingerprint density at radius 3 is 2.75 bits per heavy atom. The van der Waals surface area contributed by atoms with Crippen LogP contribution in [0.2, 0.25) is 0 Å². The van der Waals surface area contributed by atoms with Crippen molar-refractivity contribution in [2.24, 2.45) is 0 Å². The number of aromatic nitrogens is 3. The van der Waals surface area contributed by atoms with Crippen molar-refractivity contribution in [3.8, 4) is 17.1 Å². The van der Waals surface area contributed by atoms with Crippen LogP contribution in [0, 0.1) is 0 Å². The smallest absolute Gasteiger partial charge is 0.236 e. The van der Waals surface area contributed by atoms with E-state index in [1.807, 2.05) is 42.5 Å². The lowest BCUT2D eigenvalue weighted by Gasteiger charge is -2.02. The number of rotatable bonds is 6. The Hall–Kier alpha value is -3.22. The summed E-state index contributed by atoms with van der Waals surface area (Å²) in [5, 5.41) is 6.66. The molecule has 0 aliphatic carbocycles. The molecule has 2 heterocycles. The van der Waals surface area contributed by atoms with Crippen LogP contribution >= 0.6 is 0 Å². The van der Waals surface area contributed by atoms with Crippen LogP contribution in [-0.2, 0) is 17.8 Å². The lowest BCUT2D eigenvalue weighted by molar-refractivity contribution is -0.121. The van der Waals surface area contributed by atoms with Gasteiger partial charge in [-0.05, 0) is 36.4 Å². The number of amides is 1. The Morgan fingerprint density at radius 2 is 2.04 bits per heavy atom. The number of carbonyl (C=O) groups is 1. The molecule has 0 unspecified atom stereocenters. The number of pyridine rings is 1. The van der Waals surface area contributed by atoms with Crippen molar-refractivity contribution in [3.63, 3.8) is 0 Å². The summed E-state index contributed by atoms with van der Waals surface area (Å²) < 4.78 is 10.2. The van der Waals surface area contributed by atoms with Crippen molar-refractivity contribution in [1.29, 1.82) is 0 Å². The maximum absolute atomic E-state index is 11.9. The number of ether oxygens (including phenoxy) is 1. The highest BCUT2D eigenvalue weighted by molar-refractivity contribution is 5.77. The van der Waals surface area contributed by atoms with Gasteiger partial charge in [-0.1, -0.05) is 11.2 Å². The summed E-state index contributed by atoms with van der Waals surface area (Å²) in [6, 6.07) is 12.8. The second kappa shape index (κ2) is 7.36. The first-order chi connectivity index (χ1) is 11.7. The molecule has 2 aromatic heterocycles. The molecule has 0 saturated carbocycles. The molecule has 1 aromatic carbocycles.